The second-order valence-corrected chi connectivity index (χ2v) is 17.2. The van der Waals surface area contributed by atoms with Crippen LogP contribution >= 0.6 is 11.6 Å². The quantitative estimate of drug-likeness (QED) is 0.191. The lowest BCUT2D eigenvalue weighted by Crippen LogP contribution is -2.58. The summed E-state index contributed by atoms with van der Waals surface area (Å²) < 4.78 is 31.6. The summed E-state index contributed by atoms with van der Waals surface area (Å²) in [7, 11) is 0. The topological polar surface area (TPSA) is 119 Å². The predicted molar refractivity (Wildman–Crippen MR) is 230 cm³/mol. The van der Waals surface area contributed by atoms with E-state index < -0.39 is 23.8 Å². The van der Waals surface area contributed by atoms with Crippen LogP contribution in [0, 0.1) is 11.7 Å². The van der Waals surface area contributed by atoms with Crippen LogP contribution < -0.4 is 20.4 Å². The van der Waals surface area contributed by atoms with Crippen molar-refractivity contribution in [2.75, 3.05) is 83.5 Å². The third kappa shape index (κ3) is 12.9. The van der Waals surface area contributed by atoms with Crippen molar-refractivity contribution in [1.82, 2.24) is 30.5 Å². The van der Waals surface area contributed by atoms with E-state index in [1.165, 1.54) is 6.07 Å². The number of nitrogens with zero attached hydrogens (tertiary/aromatic N) is 5. The van der Waals surface area contributed by atoms with E-state index in [-0.39, 0.29) is 24.2 Å². The standard InChI is InChI=1S/C45H61ClFN7O6/c1-5-58-40-13-9-12-38(47)37(40)31-51-22-24-53(25-23-51)42(55)41(48-43(56)59-32-33-10-7-6-8-11-33)34-16-19-50(20-17-34)21-18-35-30-36(46)14-15-39(35)52-26-28-54(29-27-52)49-44(57)60-45(2,3)4/h6-15,30,34,41H,5,16-29,31-32H2,1-4H3,(H,48,56)(H,49,57)/t41-/m1/s1. The van der Waals surface area contributed by atoms with Crippen molar-refractivity contribution in [2.24, 2.45) is 5.92 Å². The van der Waals surface area contributed by atoms with Crippen LogP contribution in [-0.2, 0) is 33.8 Å². The van der Waals surface area contributed by atoms with Gasteiger partial charge in [0.05, 0.1) is 6.61 Å². The fourth-order valence-electron chi connectivity index (χ4n) is 8.14. The second kappa shape index (κ2) is 21.2. The lowest BCUT2D eigenvalue weighted by Gasteiger charge is -2.40. The lowest BCUT2D eigenvalue weighted by molar-refractivity contribution is -0.137. The van der Waals surface area contributed by atoms with Gasteiger partial charge in [0.15, 0.2) is 0 Å². The number of benzene rings is 3. The minimum atomic E-state index is -0.735. The number of anilines is 1. The molecule has 3 saturated heterocycles. The molecule has 3 amide bonds. The molecule has 3 heterocycles. The van der Waals surface area contributed by atoms with Gasteiger partial charge in [0.1, 0.15) is 29.8 Å². The van der Waals surface area contributed by atoms with Crippen molar-refractivity contribution in [1.29, 1.82) is 0 Å². The number of nitrogens with one attached hydrogen (secondary N) is 2. The molecule has 0 radical (unpaired) electrons. The summed E-state index contributed by atoms with van der Waals surface area (Å²) in [6.45, 7) is 15.6. The van der Waals surface area contributed by atoms with Crippen molar-refractivity contribution < 1.29 is 33.0 Å². The maximum atomic E-state index is 14.8. The zero-order valence-corrected chi connectivity index (χ0v) is 36.2. The Morgan fingerprint density at radius 2 is 1.57 bits per heavy atom. The van der Waals surface area contributed by atoms with Gasteiger partial charge in [-0.05, 0) is 107 Å². The van der Waals surface area contributed by atoms with Crippen molar-refractivity contribution in [3.05, 3.63) is 94.3 Å². The van der Waals surface area contributed by atoms with Gasteiger partial charge in [-0.15, -0.1) is 0 Å². The molecule has 0 spiro atoms. The molecule has 0 aliphatic carbocycles. The average molecular weight is 850 g/mol. The molecule has 3 fully saturated rings. The number of ether oxygens (including phenoxy) is 3. The smallest absolute Gasteiger partial charge is 0.422 e. The maximum absolute atomic E-state index is 14.8. The molecule has 3 aromatic rings. The summed E-state index contributed by atoms with van der Waals surface area (Å²) in [5, 5.41) is 5.56. The van der Waals surface area contributed by atoms with Crippen LogP contribution in [0.4, 0.5) is 19.7 Å². The molecule has 3 aliphatic heterocycles. The van der Waals surface area contributed by atoms with E-state index >= 15 is 0 Å². The highest BCUT2D eigenvalue weighted by atomic mass is 35.5. The van der Waals surface area contributed by atoms with Gasteiger partial charge in [-0.2, -0.15) is 0 Å². The van der Waals surface area contributed by atoms with Crippen LogP contribution in [0.2, 0.25) is 5.02 Å². The minimum Gasteiger partial charge on any atom is -0.493 e. The van der Waals surface area contributed by atoms with Crippen molar-refractivity contribution in [2.45, 2.75) is 71.8 Å². The summed E-state index contributed by atoms with van der Waals surface area (Å²) in [6, 6.07) is 19.7. The molecule has 13 nitrogen and oxygen atoms in total. The summed E-state index contributed by atoms with van der Waals surface area (Å²) >= 11 is 6.52. The Morgan fingerprint density at radius 1 is 0.850 bits per heavy atom. The largest absolute Gasteiger partial charge is 0.493 e. The van der Waals surface area contributed by atoms with E-state index in [9.17, 15) is 18.8 Å². The number of piperazine rings is 2. The van der Waals surface area contributed by atoms with Crippen LogP contribution in [0.1, 0.15) is 57.2 Å². The Hall–Kier alpha value is -4.63. The van der Waals surface area contributed by atoms with Gasteiger partial charge in [0.25, 0.3) is 0 Å². The second-order valence-electron chi connectivity index (χ2n) is 16.7. The first-order valence-corrected chi connectivity index (χ1v) is 21.6. The molecular formula is C45H61ClFN7O6. The van der Waals surface area contributed by atoms with E-state index in [0.29, 0.717) is 68.8 Å². The number of hydrogen-bond donors (Lipinski definition) is 2. The number of piperidine rings is 1. The molecule has 0 saturated carbocycles. The van der Waals surface area contributed by atoms with Gasteiger partial charge < -0.3 is 34.2 Å². The van der Waals surface area contributed by atoms with Crippen LogP contribution in [0.5, 0.6) is 5.75 Å². The number of amides is 3. The highest BCUT2D eigenvalue weighted by molar-refractivity contribution is 6.30. The number of hydrogen-bond acceptors (Lipinski definition) is 10. The number of carbonyl (C=O) groups is 3. The number of hydrazine groups is 1. The number of carbonyl (C=O) groups excluding carboxylic acids is 3. The Kier molecular flexibility index (Phi) is 15.9. The molecule has 0 unspecified atom stereocenters. The fraction of sp³-hybridized carbons (Fsp3) is 0.533. The number of rotatable bonds is 14. The fourth-order valence-corrected chi connectivity index (χ4v) is 8.34. The molecular weight excluding hydrogens is 789 g/mol. The Balaban J connectivity index is 1.04. The first kappa shape index (κ1) is 44.9. The van der Waals surface area contributed by atoms with Crippen LogP contribution in [-0.4, -0.2) is 128 Å². The number of likely N-dealkylation sites (tertiary alicyclic amines) is 1. The third-order valence-electron chi connectivity index (χ3n) is 11.3. The van der Waals surface area contributed by atoms with Gasteiger partial charge in [-0.25, -0.2) is 19.0 Å². The number of alkyl carbamates (subject to hydrolysis) is 1. The highest BCUT2D eigenvalue weighted by Crippen LogP contribution is 2.29. The molecule has 60 heavy (non-hydrogen) atoms. The van der Waals surface area contributed by atoms with Crippen molar-refractivity contribution in [3.8, 4) is 5.75 Å². The zero-order chi connectivity index (χ0) is 42.6. The normalized spacial score (nSPS) is 17.8. The van der Waals surface area contributed by atoms with Gasteiger partial charge >= 0.3 is 12.2 Å². The lowest BCUT2D eigenvalue weighted by atomic mass is 9.88. The van der Waals surface area contributed by atoms with Crippen molar-refractivity contribution in [3.63, 3.8) is 0 Å². The Bertz CT molecular complexity index is 1880. The number of halogens is 2. The molecule has 0 bridgehead atoms. The van der Waals surface area contributed by atoms with Gasteiger partial charge in [-0.1, -0.05) is 48.0 Å². The van der Waals surface area contributed by atoms with E-state index in [1.807, 2.05) is 80.1 Å². The molecule has 6 rings (SSSR count). The predicted octanol–water partition coefficient (Wildman–Crippen LogP) is 6.33. The van der Waals surface area contributed by atoms with E-state index in [1.54, 1.807) is 12.1 Å². The van der Waals surface area contributed by atoms with E-state index in [4.69, 9.17) is 25.8 Å². The summed E-state index contributed by atoms with van der Waals surface area (Å²) in [4.78, 5) is 48.6. The molecule has 326 valence electrons. The highest BCUT2D eigenvalue weighted by Gasteiger charge is 2.37. The van der Waals surface area contributed by atoms with Crippen LogP contribution in [0.15, 0.2) is 66.7 Å². The SMILES string of the molecule is CCOc1cccc(F)c1CN1CCN(C(=O)[C@H](NC(=O)OCc2ccccc2)C2CCN(CCc3cc(Cl)ccc3N3CCN(NC(=O)OC(C)(C)C)CC3)CC2)CC1. The minimum absolute atomic E-state index is 0.0736. The Labute approximate surface area is 359 Å². The summed E-state index contributed by atoms with van der Waals surface area (Å²) in [5.41, 5.74) is 5.98. The summed E-state index contributed by atoms with van der Waals surface area (Å²) in [5.74, 6) is 0.0473. The monoisotopic (exact) mass is 849 g/mol. The molecule has 2 N–H and O–H groups in total. The molecule has 0 aromatic heterocycles. The first-order chi connectivity index (χ1) is 28.8. The van der Waals surface area contributed by atoms with Crippen LogP contribution in [0.3, 0.4) is 0 Å². The molecule has 1 atom stereocenters. The first-order valence-electron chi connectivity index (χ1n) is 21.2. The van der Waals surface area contributed by atoms with Gasteiger partial charge in [-0.3, -0.25) is 15.1 Å². The molecule has 3 aromatic carbocycles. The average Bonchev–Trinajstić information content (AvgIpc) is 3.23. The third-order valence-corrected chi connectivity index (χ3v) is 11.5. The van der Waals surface area contributed by atoms with Crippen molar-refractivity contribution >= 4 is 35.4 Å². The van der Waals surface area contributed by atoms with Gasteiger partial charge in [0, 0.05) is 81.7 Å². The molecule has 15 heteroatoms. The zero-order valence-electron chi connectivity index (χ0n) is 35.5. The van der Waals surface area contributed by atoms with E-state index in [2.05, 4.69) is 31.5 Å². The summed E-state index contributed by atoms with van der Waals surface area (Å²) in [6.07, 6.45) is 1.20. The van der Waals surface area contributed by atoms with E-state index in [0.717, 1.165) is 68.8 Å². The Morgan fingerprint density at radius 3 is 2.25 bits per heavy atom. The maximum Gasteiger partial charge on any atom is 0.422 e. The van der Waals surface area contributed by atoms with Gasteiger partial charge in [0.2, 0.25) is 5.91 Å². The van der Waals surface area contributed by atoms with Crippen LogP contribution in [0.25, 0.3) is 0 Å². The molecule has 3 aliphatic rings.